The van der Waals surface area contributed by atoms with Crippen molar-refractivity contribution < 1.29 is 26.6 Å². The molecule has 4 aromatic rings. The van der Waals surface area contributed by atoms with E-state index in [2.05, 4.69) is 50.2 Å². The maximum Gasteiger partial charge on any atom is 0.515 e. The standard InChI is InChI=1S/C32H48N2O6S6Si2/c1-9-35-47(36-10-2,37-11-3)31(7,29-33-25-19-15-17-21-27(25)43-29)23-41-45-46-42-24-32(8,48(38-12-4,39-13-5)40-14-6)30-34-26-20-16-18-22-28(26)44-30/h15-22H,9-14,23-24H2,1-8H3. The van der Waals surface area contributed by atoms with Crippen LogP contribution in [-0.2, 0) is 36.6 Å². The number of aromatic nitrogens is 2. The van der Waals surface area contributed by atoms with Crippen LogP contribution >= 0.6 is 63.9 Å². The van der Waals surface area contributed by atoms with E-state index in [4.69, 9.17) is 36.5 Å². The molecule has 2 atom stereocenters. The van der Waals surface area contributed by atoms with E-state index < -0.39 is 27.7 Å². The molecule has 16 heteroatoms. The molecule has 0 saturated heterocycles. The molecule has 266 valence electrons. The van der Waals surface area contributed by atoms with E-state index in [0.29, 0.717) is 51.1 Å². The van der Waals surface area contributed by atoms with Gasteiger partial charge in [0, 0.05) is 51.1 Å². The van der Waals surface area contributed by atoms with Gasteiger partial charge >= 0.3 is 17.6 Å². The first-order chi connectivity index (χ1) is 23.2. The number of thiazole rings is 2. The molecule has 0 bridgehead atoms. The number of hydrogen-bond donors (Lipinski definition) is 0. The molecule has 0 aliphatic rings. The third-order valence-electron chi connectivity index (χ3n) is 7.71. The molecule has 0 aliphatic carbocycles. The maximum absolute atomic E-state index is 6.51. The van der Waals surface area contributed by atoms with Crippen molar-refractivity contribution in [2.45, 2.75) is 65.5 Å². The molecule has 48 heavy (non-hydrogen) atoms. The monoisotopic (exact) mass is 804 g/mol. The first kappa shape index (κ1) is 40.6. The fourth-order valence-corrected chi connectivity index (χ4v) is 23.1. The molecule has 0 spiro atoms. The van der Waals surface area contributed by atoms with E-state index in [-0.39, 0.29) is 0 Å². The molecule has 0 saturated carbocycles. The Bertz CT molecular complexity index is 1350. The molecule has 2 heterocycles. The number of benzene rings is 2. The molecular formula is C32H48N2O6S6Si2. The highest BCUT2D eigenvalue weighted by Crippen LogP contribution is 2.52. The van der Waals surface area contributed by atoms with E-state index in [0.717, 1.165) is 30.4 Å². The van der Waals surface area contributed by atoms with Gasteiger partial charge in [0.1, 0.15) is 10.0 Å². The van der Waals surface area contributed by atoms with Gasteiger partial charge in [-0.05, 0) is 99.3 Å². The van der Waals surface area contributed by atoms with Gasteiger partial charge in [-0.25, -0.2) is 9.97 Å². The van der Waals surface area contributed by atoms with Crippen molar-refractivity contribution in [1.29, 1.82) is 0 Å². The average Bonchev–Trinajstić information content (AvgIpc) is 3.72. The fourth-order valence-electron chi connectivity index (χ4n) is 5.45. The normalized spacial score (nSPS) is 15.2. The summed E-state index contributed by atoms with van der Waals surface area (Å²) >= 11 is 3.40. The van der Waals surface area contributed by atoms with Gasteiger partial charge < -0.3 is 26.6 Å². The van der Waals surface area contributed by atoms with Crippen LogP contribution in [0.4, 0.5) is 0 Å². The Balaban J connectivity index is 1.57. The highest BCUT2D eigenvalue weighted by atomic mass is 33.7. The Morgan fingerprint density at radius 2 is 0.854 bits per heavy atom. The number of nitrogens with zero attached hydrogens (tertiary/aromatic N) is 2. The smallest absolute Gasteiger partial charge is 0.373 e. The van der Waals surface area contributed by atoms with Crippen LogP contribution in [0, 0.1) is 0 Å². The topological polar surface area (TPSA) is 81.2 Å². The van der Waals surface area contributed by atoms with Gasteiger partial charge in [-0.2, -0.15) is 0 Å². The van der Waals surface area contributed by atoms with Crippen molar-refractivity contribution in [3.8, 4) is 0 Å². The zero-order chi connectivity index (χ0) is 34.7. The average molecular weight is 805 g/mol. The molecular weight excluding hydrogens is 757 g/mol. The largest absolute Gasteiger partial charge is 0.515 e. The van der Waals surface area contributed by atoms with Crippen molar-refractivity contribution in [1.82, 2.24) is 9.97 Å². The van der Waals surface area contributed by atoms with Gasteiger partial charge in [-0.3, -0.25) is 0 Å². The second-order valence-corrected chi connectivity index (χ2v) is 25.2. The molecule has 0 fully saturated rings. The third kappa shape index (κ3) is 8.70. The Morgan fingerprint density at radius 3 is 1.15 bits per heavy atom. The molecule has 2 unspecified atom stereocenters. The predicted molar refractivity (Wildman–Crippen MR) is 215 cm³/mol. The first-order valence-electron chi connectivity index (χ1n) is 16.3. The Hall–Kier alpha value is -0.186. The van der Waals surface area contributed by atoms with Crippen molar-refractivity contribution in [2.75, 3.05) is 51.1 Å². The number of rotatable bonds is 23. The van der Waals surface area contributed by atoms with E-state index in [9.17, 15) is 0 Å². The Labute approximate surface area is 311 Å². The summed E-state index contributed by atoms with van der Waals surface area (Å²) in [4.78, 5) is 10.2. The summed E-state index contributed by atoms with van der Waals surface area (Å²) in [5, 5.41) is 0.859. The summed E-state index contributed by atoms with van der Waals surface area (Å²) in [5.74, 6) is 1.42. The predicted octanol–water partition coefficient (Wildman–Crippen LogP) is 9.97. The third-order valence-corrected chi connectivity index (χ3v) is 25.5. The summed E-state index contributed by atoms with van der Waals surface area (Å²) in [7, 11) is 0.627. The molecule has 8 nitrogen and oxygen atoms in total. The quantitative estimate of drug-likeness (QED) is 0.0407. The lowest BCUT2D eigenvalue weighted by Gasteiger charge is -2.41. The van der Waals surface area contributed by atoms with Crippen LogP contribution in [0.3, 0.4) is 0 Å². The van der Waals surface area contributed by atoms with Crippen molar-refractivity contribution in [2.24, 2.45) is 0 Å². The van der Waals surface area contributed by atoms with Crippen LogP contribution in [0.1, 0.15) is 65.4 Å². The highest BCUT2D eigenvalue weighted by Gasteiger charge is 2.62. The second-order valence-electron chi connectivity index (χ2n) is 11.0. The highest BCUT2D eigenvalue weighted by molar-refractivity contribution is 9.26. The Morgan fingerprint density at radius 1 is 0.542 bits per heavy atom. The Kier molecular flexibility index (Phi) is 16.1. The van der Waals surface area contributed by atoms with Gasteiger partial charge in [0.2, 0.25) is 0 Å². The minimum absolute atomic E-state index is 0.505. The van der Waals surface area contributed by atoms with Crippen LogP contribution in [0.15, 0.2) is 48.5 Å². The van der Waals surface area contributed by atoms with Gasteiger partial charge in [-0.1, -0.05) is 45.9 Å². The SMILES string of the molecule is CCO[Si](OCC)(OCC)C(C)(CSSSSCC(C)(c1nc2ccccc2s1)[Si](OCC)(OCC)OCC)c1nc2ccccc2s1. The van der Waals surface area contributed by atoms with Gasteiger partial charge in [0.05, 0.1) is 30.5 Å². The summed E-state index contributed by atoms with van der Waals surface area (Å²) in [6.07, 6.45) is 0. The number of fused-ring (bicyclic) bond motifs is 2. The lowest BCUT2D eigenvalue weighted by atomic mass is 10.2. The molecule has 4 rings (SSSR count). The van der Waals surface area contributed by atoms with Crippen LogP contribution in [0.5, 0.6) is 0 Å². The fraction of sp³-hybridized carbons (Fsp3) is 0.562. The second kappa shape index (κ2) is 19.1. The first-order valence-corrected chi connectivity index (χ1v) is 26.6. The van der Waals surface area contributed by atoms with E-state index >= 15 is 0 Å². The molecule has 0 aliphatic heterocycles. The zero-order valence-corrected chi connectivity index (χ0v) is 36.0. The van der Waals surface area contributed by atoms with Crippen molar-refractivity contribution in [3.05, 3.63) is 58.5 Å². The lowest BCUT2D eigenvalue weighted by Crippen LogP contribution is -2.63. The van der Waals surface area contributed by atoms with Crippen LogP contribution in [0.2, 0.25) is 0 Å². The summed E-state index contributed by atoms with van der Waals surface area (Å²) in [5.41, 5.74) is 1.97. The van der Waals surface area contributed by atoms with E-state index in [1.54, 1.807) is 63.9 Å². The molecule has 2 aromatic carbocycles. The summed E-state index contributed by atoms with van der Waals surface area (Å²) in [6.45, 7) is 19.5. The van der Waals surface area contributed by atoms with Gasteiger partial charge in [-0.15, -0.1) is 22.7 Å². The summed E-state index contributed by atoms with van der Waals surface area (Å²) < 4.78 is 41.4. The minimum Gasteiger partial charge on any atom is -0.373 e. The molecule has 0 amide bonds. The zero-order valence-electron chi connectivity index (χ0n) is 29.1. The van der Waals surface area contributed by atoms with Crippen LogP contribution < -0.4 is 0 Å². The van der Waals surface area contributed by atoms with E-state index in [1.165, 1.54) is 0 Å². The van der Waals surface area contributed by atoms with Gasteiger partial charge in [0.25, 0.3) is 0 Å². The summed E-state index contributed by atoms with van der Waals surface area (Å²) in [6, 6.07) is 16.5. The lowest BCUT2D eigenvalue weighted by molar-refractivity contribution is 0.0494. The van der Waals surface area contributed by atoms with Crippen molar-refractivity contribution >= 4 is 102 Å². The van der Waals surface area contributed by atoms with Crippen LogP contribution in [0.25, 0.3) is 20.4 Å². The minimum atomic E-state index is -3.22. The maximum atomic E-state index is 6.51. The van der Waals surface area contributed by atoms with Crippen molar-refractivity contribution in [3.63, 3.8) is 0 Å². The van der Waals surface area contributed by atoms with Gasteiger partial charge in [0.15, 0.2) is 0 Å². The van der Waals surface area contributed by atoms with E-state index in [1.807, 2.05) is 53.7 Å². The number of para-hydroxylation sites is 2. The van der Waals surface area contributed by atoms with Crippen LogP contribution in [-0.4, -0.2) is 78.7 Å². The molecule has 2 aromatic heterocycles. The molecule has 0 N–H and O–H groups in total. The number of hydrogen-bond acceptors (Lipinski definition) is 14. The molecule has 0 radical (unpaired) electrons.